The number of methoxy groups -OCH3 is 1. The Hall–Kier alpha value is -0.610. The Morgan fingerprint density at radius 2 is 1.85 bits per heavy atom. The highest BCUT2D eigenvalue weighted by molar-refractivity contribution is 5.82. The monoisotopic (exact) mass is 284 g/mol. The molecule has 0 aromatic carbocycles. The van der Waals surface area contributed by atoms with E-state index in [1.54, 1.807) is 7.11 Å². The standard InChI is InChI=1S/C16H32N2O2/c1-15(2,3)12-10-13(14(19)17-8-9-20-7)18(11-12)16(4,5)6/h12-13H,8-11H2,1-7H3,(H,17,19)/t12?,13-/m0/s1. The molecule has 0 saturated carbocycles. The maximum Gasteiger partial charge on any atom is 0.237 e. The van der Waals surface area contributed by atoms with Crippen molar-refractivity contribution in [3.63, 3.8) is 0 Å². The van der Waals surface area contributed by atoms with E-state index < -0.39 is 0 Å². The van der Waals surface area contributed by atoms with Gasteiger partial charge in [-0.3, -0.25) is 9.69 Å². The number of hydrogen-bond acceptors (Lipinski definition) is 3. The topological polar surface area (TPSA) is 41.6 Å². The maximum atomic E-state index is 12.4. The average Bonchev–Trinajstić information content (AvgIpc) is 2.73. The molecule has 2 atom stereocenters. The van der Waals surface area contributed by atoms with Crippen LogP contribution in [-0.2, 0) is 9.53 Å². The average molecular weight is 284 g/mol. The van der Waals surface area contributed by atoms with Gasteiger partial charge >= 0.3 is 0 Å². The van der Waals surface area contributed by atoms with Gasteiger partial charge in [0.25, 0.3) is 0 Å². The summed E-state index contributed by atoms with van der Waals surface area (Å²) < 4.78 is 5.00. The van der Waals surface area contributed by atoms with Gasteiger partial charge in [-0.05, 0) is 38.5 Å². The van der Waals surface area contributed by atoms with Crippen molar-refractivity contribution in [1.29, 1.82) is 0 Å². The molecule has 1 heterocycles. The van der Waals surface area contributed by atoms with Crippen LogP contribution in [0.3, 0.4) is 0 Å². The van der Waals surface area contributed by atoms with E-state index in [0.717, 1.165) is 13.0 Å². The summed E-state index contributed by atoms with van der Waals surface area (Å²) >= 11 is 0. The molecule has 1 aliphatic rings. The van der Waals surface area contributed by atoms with E-state index in [-0.39, 0.29) is 22.9 Å². The zero-order valence-electron chi connectivity index (χ0n) is 14.2. The fourth-order valence-electron chi connectivity index (χ4n) is 2.85. The third-order valence-electron chi connectivity index (χ3n) is 4.30. The third-order valence-corrected chi connectivity index (χ3v) is 4.30. The van der Waals surface area contributed by atoms with Gasteiger partial charge in [0.1, 0.15) is 0 Å². The molecule has 4 nitrogen and oxygen atoms in total. The second-order valence-electron chi connectivity index (χ2n) is 7.92. The van der Waals surface area contributed by atoms with Gasteiger partial charge in [0.05, 0.1) is 12.6 Å². The molecule has 1 unspecified atom stereocenters. The summed E-state index contributed by atoms with van der Waals surface area (Å²) in [6, 6.07) is -0.0175. The molecular formula is C16H32N2O2. The molecule has 20 heavy (non-hydrogen) atoms. The maximum absolute atomic E-state index is 12.4. The van der Waals surface area contributed by atoms with E-state index in [4.69, 9.17) is 4.74 Å². The number of likely N-dealkylation sites (tertiary alicyclic amines) is 1. The molecule has 0 bridgehead atoms. The van der Waals surface area contributed by atoms with Gasteiger partial charge in [0.2, 0.25) is 5.91 Å². The van der Waals surface area contributed by atoms with Gasteiger partial charge in [-0.1, -0.05) is 20.8 Å². The zero-order chi connectivity index (χ0) is 15.6. The molecule has 0 aromatic heterocycles. The summed E-state index contributed by atoms with van der Waals surface area (Å²) in [6.45, 7) is 15.5. The number of nitrogens with zero attached hydrogens (tertiary/aromatic N) is 1. The van der Waals surface area contributed by atoms with Crippen LogP contribution >= 0.6 is 0 Å². The molecule has 4 heteroatoms. The van der Waals surface area contributed by atoms with Crippen molar-refractivity contribution in [3.05, 3.63) is 0 Å². The quantitative estimate of drug-likeness (QED) is 0.805. The van der Waals surface area contributed by atoms with E-state index in [2.05, 4.69) is 51.8 Å². The lowest BCUT2D eigenvalue weighted by Crippen LogP contribution is -2.51. The third kappa shape index (κ3) is 4.45. The van der Waals surface area contributed by atoms with Gasteiger partial charge in [0, 0.05) is 25.7 Å². The second kappa shape index (κ2) is 6.44. The summed E-state index contributed by atoms with van der Waals surface area (Å²) in [6.07, 6.45) is 0.944. The van der Waals surface area contributed by atoms with Crippen LogP contribution in [0, 0.1) is 11.3 Å². The first-order valence-electron chi connectivity index (χ1n) is 7.60. The minimum Gasteiger partial charge on any atom is -0.383 e. The zero-order valence-corrected chi connectivity index (χ0v) is 14.2. The van der Waals surface area contributed by atoms with Gasteiger partial charge in [0.15, 0.2) is 0 Å². The number of ether oxygens (including phenoxy) is 1. The van der Waals surface area contributed by atoms with Crippen molar-refractivity contribution >= 4 is 5.91 Å². The van der Waals surface area contributed by atoms with Crippen LogP contribution < -0.4 is 5.32 Å². The fourth-order valence-corrected chi connectivity index (χ4v) is 2.85. The summed E-state index contributed by atoms with van der Waals surface area (Å²) in [5, 5.41) is 2.99. The highest BCUT2D eigenvalue weighted by atomic mass is 16.5. The van der Waals surface area contributed by atoms with Gasteiger partial charge in [-0.2, -0.15) is 0 Å². The second-order valence-corrected chi connectivity index (χ2v) is 7.92. The van der Waals surface area contributed by atoms with E-state index >= 15 is 0 Å². The molecule has 1 saturated heterocycles. The van der Waals surface area contributed by atoms with Gasteiger partial charge < -0.3 is 10.1 Å². The predicted octanol–water partition coefficient (Wildman–Crippen LogP) is 2.28. The Balaban J connectivity index is 2.77. The van der Waals surface area contributed by atoms with E-state index in [9.17, 15) is 4.79 Å². The van der Waals surface area contributed by atoms with Crippen LogP contribution in [0.4, 0.5) is 0 Å². The van der Waals surface area contributed by atoms with E-state index in [1.807, 2.05) is 0 Å². The predicted molar refractivity (Wildman–Crippen MR) is 82.7 cm³/mol. The SMILES string of the molecule is COCCNC(=O)[C@@H]1CC(C(C)(C)C)CN1C(C)(C)C. The molecule has 0 aliphatic carbocycles. The molecule has 0 aromatic rings. The first-order chi connectivity index (χ1) is 9.07. The summed E-state index contributed by atoms with van der Waals surface area (Å²) in [5.74, 6) is 0.698. The number of rotatable bonds is 4. The lowest BCUT2D eigenvalue weighted by Gasteiger charge is -2.36. The Labute approximate surface area is 124 Å². The molecule has 0 radical (unpaired) electrons. The minimum atomic E-state index is -0.0175. The van der Waals surface area contributed by atoms with Crippen LogP contribution in [0.1, 0.15) is 48.0 Å². The number of carbonyl (C=O) groups excluding carboxylic acids is 1. The molecule has 1 aliphatic heterocycles. The highest BCUT2D eigenvalue weighted by Gasteiger charge is 2.45. The lowest BCUT2D eigenvalue weighted by molar-refractivity contribution is -0.127. The molecule has 0 spiro atoms. The molecule has 1 rings (SSSR count). The van der Waals surface area contributed by atoms with Crippen LogP contribution in [0.5, 0.6) is 0 Å². The molecular weight excluding hydrogens is 252 g/mol. The molecule has 1 fully saturated rings. The normalized spacial score (nSPS) is 24.9. The fraction of sp³-hybridized carbons (Fsp3) is 0.938. The largest absolute Gasteiger partial charge is 0.383 e. The first kappa shape index (κ1) is 17.4. The number of hydrogen-bond donors (Lipinski definition) is 1. The van der Waals surface area contributed by atoms with E-state index in [1.165, 1.54) is 0 Å². The van der Waals surface area contributed by atoms with Crippen molar-refractivity contribution in [3.8, 4) is 0 Å². The molecule has 118 valence electrons. The number of amides is 1. The summed E-state index contributed by atoms with van der Waals surface area (Å²) in [7, 11) is 1.65. The van der Waals surface area contributed by atoms with Crippen molar-refractivity contribution in [2.45, 2.75) is 59.5 Å². The molecule has 1 N–H and O–H groups in total. The summed E-state index contributed by atoms with van der Waals surface area (Å²) in [5.41, 5.74) is 0.258. The minimum absolute atomic E-state index is 0.0171. The molecule has 1 amide bonds. The van der Waals surface area contributed by atoms with Crippen LogP contribution in [0.25, 0.3) is 0 Å². The first-order valence-corrected chi connectivity index (χ1v) is 7.60. The number of carbonyl (C=O) groups is 1. The smallest absolute Gasteiger partial charge is 0.237 e. The lowest BCUT2D eigenvalue weighted by atomic mass is 9.79. The van der Waals surface area contributed by atoms with Crippen LogP contribution in [-0.4, -0.2) is 49.2 Å². The van der Waals surface area contributed by atoms with E-state index in [0.29, 0.717) is 19.1 Å². The Kier molecular flexibility index (Phi) is 5.61. The van der Waals surface area contributed by atoms with Crippen molar-refractivity contribution in [2.24, 2.45) is 11.3 Å². The van der Waals surface area contributed by atoms with Gasteiger partial charge in [-0.25, -0.2) is 0 Å². The summed E-state index contributed by atoms with van der Waals surface area (Å²) in [4.78, 5) is 14.8. The van der Waals surface area contributed by atoms with Crippen molar-refractivity contribution < 1.29 is 9.53 Å². The highest BCUT2D eigenvalue weighted by Crippen LogP contribution is 2.39. The Bertz CT molecular complexity index is 328. The van der Waals surface area contributed by atoms with Gasteiger partial charge in [-0.15, -0.1) is 0 Å². The van der Waals surface area contributed by atoms with Crippen LogP contribution in [0.2, 0.25) is 0 Å². The number of nitrogens with one attached hydrogen (secondary N) is 1. The van der Waals surface area contributed by atoms with Crippen molar-refractivity contribution in [2.75, 3.05) is 26.8 Å². The van der Waals surface area contributed by atoms with Crippen molar-refractivity contribution in [1.82, 2.24) is 10.2 Å². The van der Waals surface area contributed by atoms with Crippen LogP contribution in [0.15, 0.2) is 0 Å². The Morgan fingerprint density at radius 3 is 2.30 bits per heavy atom. The Morgan fingerprint density at radius 1 is 1.25 bits per heavy atom.